The molecule has 0 radical (unpaired) electrons. The fourth-order valence-electron chi connectivity index (χ4n) is 3.14. The Bertz CT molecular complexity index is 558. The third kappa shape index (κ3) is 5.49. The van der Waals surface area contributed by atoms with Crippen molar-refractivity contribution < 1.29 is 14.3 Å². The second kappa shape index (κ2) is 9.27. The van der Waals surface area contributed by atoms with Gasteiger partial charge in [0.2, 0.25) is 0 Å². The van der Waals surface area contributed by atoms with E-state index in [4.69, 9.17) is 21.1 Å². The third-order valence-electron chi connectivity index (χ3n) is 4.65. The maximum Gasteiger partial charge on any atom is 0.317 e. The molecule has 2 saturated heterocycles. The number of rotatable bonds is 5. The smallest absolute Gasteiger partial charge is 0.317 e. The molecule has 0 aliphatic carbocycles. The monoisotopic (exact) mass is 367 g/mol. The van der Waals surface area contributed by atoms with Gasteiger partial charge in [-0.3, -0.25) is 4.90 Å². The van der Waals surface area contributed by atoms with Crippen LogP contribution in [0.5, 0.6) is 5.75 Å². The van der Waals surface area contributed by atoms with Gasteiger partial charge in [0, 0.05) is 39.3 Å². The fourth-order valence-corrected chi connectivity index (χ4v) is 3.33. The maximum atomic E-state index is 12.3. The number of halogens is 1. The summed E-state index contributed by atoms with van der Waals surface area (Å²) in [7, 11) is 0. The Morgan fingerprint density at radius 1 is 1.28 bits per heavy atom. The number of benzene rings is 1. The van der Waals surface area contributed by atoms with Crippen LogP contribution in [0.25, 0.3) is 0 Å². The van der Waals surface area contributed by atoms with Crippen molar-refractivity contribution in [1.82, 2.24) is 15.1 Å². The molecular formula is C18H26ClN3O3. The van der Waals surface area contributed by atoms with E-state index in [1.54, 1.807) is 0 Å². The van der Waals surface area contributed by atoms with Crippen LogP contribution in [0.3, 0.4) is 0 Å². The van der Waals surface area contributed by atoms with E-state index < -0.39 is 0 Å². The minimum Gasteiger partial charge on any atom is -0.491 e. The number of carbonyl (C=O) groups is 1. The lowest BCUT2D eigenvalue weighted by Crippen LogP contribution is -2.54. The minimum absolute atomic E-state index is 0.0301. The second-order valence-corrected chi connectivity index (χ2v) is 6.88. The van der Waals surface area contributed by atoms with Gasteiger partial charge in [-0.05, 0) is 25.0 Å². The zero-order valence-corrected chi connectivity index (χ0v) is 15.2. The van der Waals surface area contributed by atoms with Gasteiger partial charge in [-0.15, -0.1) is 0 Å². The normalized spacial score (nSPS) is 21.8. The molecule has 0 aromatic heterocycles. The Hall–Kier alpha value is -1.50. The predicted octanol–water partition coefficient (Wildman–Crippen LogP) is 2.22. The highest BCUT2D eigenvalue weighted by Gasteiger charge is 2.23. The molecule has 1 aromatic rings. The van der Waals surface area contributed by atoms with Crippen LogP contribution in [0, 0.1) is 0 Å². The molecule has 3 rings (SSSR count). The summed E-state index contributed by atoms with van der Waals surface area (Å²) in [6.45, 7) is 6.07. The molecule has 138 valence electrons. The number of piperazine rings is 1. The molecule has 0 saturated carbocycles. The zero-order valence-electron chi connectivity index (χ0n) is 14.5. The first-order chi connectivity index (χ1) is 12.2. The number of hydrogen-bond donors (Lipinski definition) is 1. The molecule has 1 unspecified atom stereocenters. The highest BCUT2D eigenvalue weighted by molar-refractivity contribution is 6.32. The maximum absolute atomic E-state index is 12.3. The van der Waals surface area contributed by atoms with Crippen LogP contribution >= 0.6 is 11.6 Å². The number of hydrogen-bond acceptors (Lipinski definition) is 4. The Morgan fingerprint density at radius 2 is 2.08 bits per heavy atom. The molecule has 2 heterocycles. The third-order valence-corrected chi connectivity index (χ3v) is 4.96. The molecule has 1 aromatic carbocycles. The molecule has 2 amide bonds. The number of carbonyl (C=O) groups excluding carboxylic acids is 1. The van der Waals surface area contributed by atoms with E-state index in [2.05, 4.69) is 10.2 Å². The van der Waals surface area contributed by atoms with E-state index in [9.17, 15) is 4.79 Å². The van der Waals surface area contributed by atoms with E-state index in [0.29, 0.717) is 18.2 Å². The topological polar surface area (TPSA) is 54.0 Å². The summed E-state index contributed by atoms with van der Waals surface area (Å²) in [6.07, 6.45) is 2.02. The first-order valence-corrected chi connectivity index (χ1v) is 9.33. The summed E-state index contributed by atoms with van der Waals surface area (Å²) in [5.41, 5.74) is 0. The van der Waals surface area contributed by atoms with E-state index in [1.807, 2.05) is 29.2 Å². The Labute approximate surface area is 154 Å². The lowest BCUT2D eigenvalue weighted by Gasteiger charge is -2.35. The van der Waals surface area contributed by atoms with Crippen LogP contribution in [0.1, 0.15) is 12.8 Å². The first-order valence-electron chi connectivity index (χ1n) is 8.95. The van der Waals surface area contributed by atoms with Crippen LogP contribution in [0.4, 0.5) is 4.79 Å². The number of para-hydroxylation sites is 1. The highest BCUT2D eigenvalue weighted by Crippen LogP contribution is 2.22. The van der Waals surface area contributed by atoms with Crippen molar-refractivity contribution in [1.29, 1.82) is 0 Å². The molecule has 2 aliphatic heterocycles. The van der Waals surface area contributed by atoms with Crippen LogP contribution in [0.15, 0.2) is 24.3 Å². The van der Waals surface area contributed by atoms with Gasteiger partial charge in [0.05, 0.1) is 17.7 Å². The lowest BCUT2D eigenvalue weighted by atomic mass is 10.1. The van der Waals surface area contributed by atoms with Gasteiger partial charge in [0.1, 0.15) is 12.4 Å². The SMILES string of the molecule is O=C(NC1CCCOC1)N1CCN(CCOc2ccccc2Cl)CC1. The van der Waals surface area contributed by atoms with Crippen molar-refractivity contribution in [3.05, 3.63) is 29.3 Å². The molecule has 2 fully saturated rings. The van der Waals surface area contributed by atoms with Gasteiger partial charge in [-0.25, -0.2) is 4.79 Å². The average Bonchev–Trinajstić information content (AvgIpc) is 2.65. The van der Waals surface area contributed by atoms with Gasteiger partial charge in [-0.2, -0.15) is 0 Å². The molecule has 7 heteroatoms. The summed E-state index contributed by atoms with van der Waals surface area (Å²) in [5.74, 6) is 0.719. The quantitative estimate of drug-likeness (QED) is 0.867. The molecule has 1 N–H and O–H groups in total. The van der Waals surface area contributed by atoms with Crippen molar-refractivity contribution in [2.24, 2.45) is 0 Å². The molecule has 0 bridgehead atoms. The van der Waals surface area contributed by atoms with E-state index in [-0.39, 0.29) is 12.1 Å². The average molecular weight is 368 g/mol. The number of ether oxygens (including phenoxy) is 2. The van der Waals surface area contributed by atoms with Crippen LogP contribution in [-0.2, 0) is 4.74 Å². The van der Waals surface area contributed by atoms with Gasteiger partial charge >= 0.3 is 6.03 Å². The van der Waals surface area contributed by atoms with Crippen molar-refractivity contribution in [3.63, 3.8) is 0 Å². The minimum atomic E-state index is 0.0301. The van der Waals surface area contributed by atoms with Gasteiger partial charge in [-0.1, -0.05) is 23.7 Å². The number of amides is 2. The summed E-state index contributed by atoms with van der Waals surface area (Å²) < 4.78 is 11.1. The van der Waals surface area contributed by atoms with Gasteiger partial charge < -0.3 is 19.7 Å². The van der Waals surface area contributed by atoms with E-state index in [1.165, 1.54) is 0 Å². The second-order valence-electron chi connectivity index (χ2n) is 6.47. The molecule has 0 spiro atoms. The summed E-state index contributed by atoms with van der Waals surface area (Å²) >= 11 is 6.08. The number of urea groups is 1. The van der Waals surface area contributed by atoms with Crippen molar-refractivity contribution >= 4 is 17.6 Å². The Balaban J connectivity index is 1.34. The molecule has 25 heavy (non-hydrogen) atoms. The largest absolute Gasteiger partial charge is 0.491 e. The summed E-state index contributed by atoms with van der Waals surface area (Å²) in [6, 6.07) is 7.69. The highest BCUT2D eigenvalue weighted by atomic mass is 35.5. The van der Waals surface area contributed by atoms with E-state index in [0.717, 1.165) is 57.9 Å². The molecule has 2 aliphatic rings. The predicted molar refractivity (Wildman–Crippen MR) is 97.3 cm³/mol. The molecular weight excluding hydrogens is 342 g/mol. The van der Waals surface area contributed by atoms with E-state index >= 15 is 0 Å². The van der Waals surface area contributed by atoms with Gasteiger partial charge in [0.25, 0.3) is 0 Å². The van der Waals surface area contributed by atoms with Crippen molar-refractivity contribution in [2.75, 3.05) is 52.5 Å². The van der Waals surface area contributed by atoms with Crippen LogP contribution < -0.4 is 10.1 Å². The van der Waals surface area contributed by atoms with Crippen LogP contribution in [0.2, 0.25) is 5.02 Å². The lowest BCUT2D eigenvalue weighted by molar-refractivity contribution is 0.0679. The summed E-state index contributed by atoms with van der Waals surface area (Å²) in [5, 5.41) is 3.71. The van der Waals surface area contributed by atoms with Crippen molar-refractivity contribution in [3.8, 4) is 5.75 Å². The van der Waals surface area contributed by atoms with Crippen molar-refractivity contribution in [2.45, 2.75) is 18.9 Å². The Morgan fingerprint density at radius 3 is 2.80 bits per heavy atom. The molecule has 1 atom stereocenters. The number of nitrogens with zero attached hydrogens (tertiary/aromatic N) is 2. The standard InChI is InChI=1S/C18H26ClN3O3/c19-16-5-1-2-6-17(16)25-13-11-21-7-9-22(10-8-21)18(23)20-15-4-3-12-24-14-15/h1-2,5-6,15H,3-4,7-14H2,(H,20,23). The zero-order chi connectivity index (χ0) is 17.5. The summed E-state index contributed by atoms with van der Waals surface area (Å²) in [4.78, 5) is 16.5. The van der Waals surface area contributed by atoms with Gasteiger partial charge in [0.15, 0.2) is 0 Å². The molecule has 6 nitrogen and oxygen atoms in total. The fraction of sp³-hybridized carbons (Fsp3) is 0.611. The Kier molecular flexibility index (Phi) is 6.78. The van der Waals surface area contributed by atoms with Crippen LogP contribution in [-0.4, -0.2) is 74.4 Å². The number of nitrogens with one attached hydrogen (secondary N) is 1. The first kappa shape index (κ1) is 18.3.